The van der Waals surface area contributed by atoms with Gasteiger partial charge in [-0.2, -0.15) is 0 Å². The molecular formula is C10H8ClLiN2. The van der Waals surface area contributed by atoms with Crippen molar-refractivity contribution in [2.75, 3.05) is 0 Å². The monoisotopic (exact) mass is 198 g/mol. The molecule has 0 saturated carbocycles. The van der Waals surface area contributed by atoms with Crippen molar-refractivity contribution in [3.63, 3.8) is 0 Å². The Kier molecular flexibility index (Phi) is 2.98. The van der Waals surface area contributed by atoms with Crippen molar-refractivity contribution < 1.29 is 0 Å². The molecule has 0 aliphatic carbocycles. The predicted molar refractivity (Wildman–Crippen MR) is 57.6 cm³/mol. The summed E-state index contributed by atoms with van der Waals surface area (Å²) in [5.74, 6) is 0. The zero-order valence-electron chi connectivity index (χ0n) is 7.89. The van der Waals surface area contributed by atoms with E-state index >= 15 is 0 Å². The van der Waals surface area contributed by atoms with Gasteiger partial charge in [0.1, 0.15) is 0 Å². The summed E-state index contributed by atoms with van der Waals surface area (Å²) in [6.07, 6.45) is 5.56. The van der Waals surface area contributed by atoms with Gasteiger partial charge < -0.3 is 0 Å². The van der Waals surface area contributed by atoms with Crippen molar-refractivity contribution in [2.45, 2.75) is 4.71 Å². The van der Waals surface area contributed by atoms with Gasteiger partial charge >= 0.3 is 97.2 Å². The topological polar surface area (TPSA) is 17.8 Å². The summed E-state index contributed by atoms with van der Waals surface area (Å²) in [6, 6.07) is 7.88. The van der Waals surface area contributed by atoms with Crippen LogP contribution in [-0.4, -0.2) is 27.3 Å². The molecule has 1 atom stereocenters. The van der Waals surface area contributed by atoms with Crippen LogP contribution in [0.4, 0.5) is 0 Å². The molecule has 2 aromatic rings. The number of halogens is 1. The first-order valence-corrected chi connectivity index (χ1v) is 4.88. The molecule has 2 rings (SSSR count). The van der Waals surface area contributed by atoms with E-state index in [0.717, 1.165) is 5.02 Å². The summed E-state index contributed by atoms with van der Waals surface area (Å²) in [7, 11) is 0. The molecule has 0 aliphatic rings. The van der Waals surface area contributed by atoms with Crippen LogP contribution in [0.5, 0.6) is 0 Å². The summed E-state index contributed by atoms with van der Waals surface area (Å²) in [4.78, 5) is 4.02. The number of hydrogen-bond acceptors (Lipinski definition) is 1. The van der Waals surface area contributed by atoms with Crippen LogP contribution in [0.3, 0.4) is 0 Å². The third kappa shape index (κ3) is 2.04. The van der Waals surface area contributed by atoms with E-state index in [4.69, 9.17) is 11.6 Å². The molecule has 0 aliphatic heterocycles. The molecule has 0 amide bonds. The molecule has 0 fully saturated rings. The quantitative estimate of drug-likeness (QED) is 0.677. The Hall–Kier alpha value is -0.683. The molecule has 2 nitrogen and oxygen atoms in total. The maximum absolute atomic E-state index is 5.82. The van der Waals surface area contributed by atoms with Crippen LogP contribution in [-0.2, 0) is 0 Å². The van der Waals surface area contributed by atoms with Gasteiger partial charge in [0, 0.05) is 0 Å². The molecule has 0 spiro atoms. The Morgan fingerprint density at radius 1 is 1.29 bits per heavy atom. The minimum atomic E-state index is 0.301. The Bertz CT molecular complexity index is 397. The van der Waals surface area contributed by atoms with E-state index in [1.807, 2.05) is 36.8 Å². The van der Waals surface area contributed by atoms with Crippen LogP contribution >= 0.6 is 11.6 Å². The summed E-state index contributed by atoms with van der Waals surface area (Å²) in [5, 5.41) is 0.770. The Balaban J connectivity index is 2.28. The van der Waals surface area contributed by atoms with Gasteiger partial charge in [-0.3, -0.25) is 0 Å². The second kappa shape index (κ2) is 4.23. The Morgan fingerprint density at radius 3 is 2.57 bits per heavy atom. The molecule has 0 bridgehead atoms. The fourth-order valence-corrected chi connectivity index (χ4v) is 1.54. The van der Waals surface area contributed by atoms with Gasteiger partial charge in [0.05, 0.1) is 0 Å². The number of nitrogens with zero attached hydrogens (tertiary/aromatic N) is 2. The fourth-order valence-electron chi connectivity index (χ4n) is 1.41. The number of hydrogen-bond donors (Lipinski definition) is 0. The van der Waals surface area contributed by atoms with Gasteiger partial charge in [-0.1, -0.05) is 0 Å². The van der Waals surface area contributed by atoms with Gasteiger partial charge in [-0.15, -0.1) is 0 Å². The van der Waals surface area contributed by atoms with Crippen LogP contribution in [0, 0.1) is 0 Å². The molecule has 1 unspecified atom stereocenters. The fraction of sp³-hybridized carbons (Fsp3) is 0.100. The SMILES string of the molecule is [Li][CH](c1ccc(Cl)cc1)n1ccnc1. The number of benzene rings is 1. The third-order valence-electron chi connectivity index (χ3n) is 2.32. The van der Waals surface area contributed by atoms with E-state index in [1.165, 1.54) is 5.56 Å². The van der Waals surface area contributed by atoms with Crippen LogP contribution in [0.25, 0.3) is 0 Å². The van der Waals surface area contributed by atoms with E-state index in [0.29, 0.717) is 4.71 Å². The van der Waals surface area contributed by atoms with Gasteiger partial charge in [0.25, 0.3) is 0 Å². The molecule has 1 aromatic carbocycles. The minimum absolute atomic E-state index is 0.301. The molecule has 66 valence electrons. The summed E-state index contributed by atoms with van der Waals surface area (Å²) >= 11 is 7.95. The molecule has 14 heavy (non-hydrogen) atoms. The molecule has 1 aromatic heterocycles. The van der Waals surface area contributed by atoms with Crippen LogP contribution < -0.4 is 0 Å². The van der Waals surface area contributed by atoms with Crippen molar-refractivity contribution in [1.82, 2.24) is 9.55 Å². The molecule has 0 radical (unpaired) electrons. The van der Waals surface area contributed by atoms with Gasteiger partial charge in [-0.05, 0) is 0 Å². The normalized spacial score (nSPS) is 12.8. The first-order chi connectivity index (χ1) is 6.77. The van der Waals surface area contributed by atoms with E-state index in [9.17, 15) is 0 Å². The van der Waals surface area contributed by atoms with E-state index in [1.54, 1.807) is 6.20 Å². The van der Waals surface area contributed by atoms with Crippen molar-refractivity contribution in [2.24, 2.45) is 0 Å². The van der Waals surface area contributed by atoms with E-state index in [-0.39, 0.29) is 0 Å². The van der Waals surface area contributed by atoms with Crippen LogP contribution in [0.15, 0.2) is 43.0 Å². The average molecular weight is 199 g/mol. The first kappa shape index (κ1) is 9.86. The van der Waals surface area contributed by atoms with Gasteiger partial charge in [0.15, 0.2) is 0 Å². The third-order valence-corrected chi connectivity index (χ3v) is 2.58. The molecular weight excluding hydrogens is 191 g/mol. The average Bonchev–Trinajstić information content (AvgIpc) is 2.71. The van der Waals surface area contributed by atoms with E-state index < -0.39 is 0 Å². The standard InChI is InChI=1S/C10H8ClN2.Li/c11-10-3-1-9(2-4-10)7-13-6-5-12-8-13;/h1-8H;. The second-order valence-corrected chi connectivity index (χ2v) is 3.67. The maximum atomic E-state index is 5.82. The van der Waals surface area contributed by atoms with Crippen LogP contribution in [0.2, 0.25) is 5.02 Å². The Labute approximate surface area is 97.1 Å². The van der Waals surface area contributed by atoms with Crippen molar-refractivity contribution in [3.05, 3.63) is 53.6 Å². The van der Waals surface area contributed by atoms with Gasteiger partial charge in [0.2, 0.25) is 0 Å². The first-order valence-electron chi connectivity index (χ1n) is 4.50. The summed E-state index contributed by atoms with van der Waals surface area (Å²) in [6.45, 7) is 0. The summed E-state index contributed by atoms with van der Waals surface area (Å²) in [5.41, 5.74) is 1.23. The predicted octanol–water partition coefficient (Wildman–Crippen LogP) is 2.25. The van der Waals surface area contributed by atoms with Crippen molar-refractivity contribution in [3.8, 4) is 0 Å². The molecule has 0 saturated heterocycles. The van der Waals surface area contributed by atoms with Crippen molar-refractivity contribution in [1.29, 1.82) is 0 Å². The van der Waals surface area contributed by atoms with Crippen LogP contribution in [0.1, 0.15) is 10.3 Å². The van der Waals surface area contributed by atoms with Crippen molar-refractivity contribution >= 4 is 29.3 Å². The zero-order chi connectivity index (χ0) is 9.97. The molecule has 4 heteroatoms. The zero-order valence-corrected chi connectivity index (χ0v) is 8.65. The number of aromatic nitrogens is 2. The Morgan fingerprint density at radius 2 is 2.00 bits per heavy atom. The van der Waals surface area contributed by atoms with Gasteiger partial charge in [-0.25, -0.2) is 0 Å². The summed E-state index contributed by atoms with van der Waals surface area (Å²) < 4.78 is 2.36. The molecule has 0 N–H and O–H groups in total. The molecule has 1 heterocycles. The second-order valence-electron chi connectivity index (χ2n) is 3.24. The number of imidazole rings is 1. The van der Waals surface area contributed by atoms with E-state index in [2.05, 4.69) is 27.3 Å². The number of rotatable bonds is 2.